The van der Waals surface area contributed by atoms with E-state index in [0.717, 1.165) is 23.5 Å². The Balaban J connectivity index is 2.00. The minimum Gasteiger partial charge on any atom is -0.493 e. The van der Waals surface area contributed by atoms with Crippen LogP contribution >= 0.6 is 0 Å². The number of carboxylic acid groups (broad SMARTS) is 1. The van der Waals surface area contributed by atoms with Crippen LogP contribution in [0, 0.1) is 5.92 Å². The van der Waals surface area contributed by atoms with E-state index in [-0.39, 0.29) is 0 Å². The average molecular weight is 298 g/mol. The zero-order valence-electron chi connectivity index (χ0n) is 13.1. The van der Waals surface area contributed by atoms with Gasteiger partial charge in [0.2, 0.25) is 0 Å². The van der Waals surface area contributed by atoms with Gasteiger partial charge in [0.1, 0.15) is 5.75 Å². The summed E-state index contributed by atoms with van der Waals surface area (Å²) < 4.78 is 5.78. The van der Waals surface area contributed by atoms with Crippen LogP contribution in [0.15, 0.2) is 48.5 Å². The highest BCUT2D eigenvalue weighted by atomic mass is 16.5. The summed E-state index contributed by atoms with van der Waals surface area (Å²) in [6.07, 6.45) is 2.35. The molecule has 0 heterocycles. The van der Waals surface area contributed by atoms with Crippen molar-refractivity contribution in [1.82, 2.24) is 0 Å². The molecule has 0 amide bonds. The monoisotopic (exact) mass is 298 g/mol. The first kappa shape index (κ1) is 16.1. The number of rotatable bonds is 7. The van der Waals surface area contributed by atoms with Crippen molar-refractivity contribution in [3.63, 3.8) is 0 Å². The molecule has 0 bridgehead atoms. The summed E-state index contributed by atoms with van der Waals surface area (Å²) >= 11 is 0. The van der Waals surface area contributed by atoms with Crippen LogP contribution in [0.4, 0.5) is 0 Å². The van der Waals surface area contributed by atoms with Crippen molar-refractivity contribution in [1.29, 1.82) is 0 Å². The molecule has 2 rings (SSSR count). The molecule has 0 aliphatic carbocycles. The molecular weight excluding hydrogens is 276 g/mol. The van der Waals surface area contributed by atoms with Crippen LogP contribution in [-0.2, 0) is 0 Å². The van der Waals surface area contributed by atoms with Crippen LogP contribution in [0.3, 0.4) is 0 Å². The van der Waals surface area contributed by atoms with Gasteiger partial charge < -0.3 is 9.84 Å². The SMILES string of the molecule is CCCC(C)COc1ccc(-c2ccc(C(=O)O)cc2)cc1. The number of aromatic carboxylic acids is 1. The minimum absolute atomic E-state index is 0.300. The summed E-state index contributed by atoms with van der Waals surface area (Å²) in [5.41, 5.74) is 2.34. The predicted molar refractivity (Wildman–Crippen MR) is 88.4 cm³/mol. The Labute approximate surface area is 131 Å². The number of hydrogen-bond donors (Lipinski definition) is 1. The molecule has 0 saturated carbocycles. The number of ether oxygens (including phenoxy) is 1. The Morgan fingerprint density at radius 1 is 1.05 bits per heavy atom. The van der Waals surface area contributed by atoms with Crippen molar-refractivity contribution in [3.05, 3.63) is 54.1 Å². The molecule has 3 heteroatoms. The van der Waals surface area contributed by atoms with Gasteiger partial charge in [0.05, 0.1) is 12.2 Å². The maximum Gasteiger partial charge on any atom is 0.335 e. The Kier molecular flexibility index (Phi) is 5.59. The highest BCUT2D eigenvalue weighted by Gasteiger charge is 2.05. The molecule has 22 heavy (non-hydrogen) atoms. The fourth-order valence-corrected chi connectivity index (χ4v) is 2.36. The van der Waals surface area contributed by atoms with Crippen molar-refractivity contribution in [2.24, 2.45) is 5.92 Å². The van der Waals surface area contributed by atoms with E-state index in [2.05, 4.69) is 13.8 Å². The van der Waals surface area contributed by atoms with Gasteiger partial charge in [-0.2, -0.15) is 0 Å². The topological polar surface area (TPSA) is 46.5 Å². The Morgan fingerprint density at radius 3 is 2.09 bits per heavy atom. The molecule has 2 aromatic rings. The molecule has 0 fully saturated rings. The van der Waals surface area contributed by atoms with Gasteiger partial charge in [0.15, 0.2) is 0 Å². The number of hydrogen-bond acceptors (Lipinski definition) is 2. The first-order valence-corrected chi connectivity index (χ1v) is 7.66. The summed E-state index contributed by atoms with van der Waals surface area (Å²) in [7, 11) is 0. The molecule has 1 atom stereocenters. The third kappa shape index (κ3) is 4.35. The molecule has 2 aromatic carbocycles. The van der Waals surface area contributed by atoms with Crippen LogP contribution in [0.5, 0.6) is 5.75 Å². The standard InChI is InChI=1S/C19H22O3/c1-3-4-14(2)13-22-18-11-9-16(10-12-18)15-5-7-17(8-6-15)19(20)21/h5-12,14H,3-4,13H2,1-2H3,(H,20,21). The summed E-state index contributed by atoms with van der Waals surface area (Å²) in [4.78, 5) is 10.9. The van der Waals surface area contributed by atoms with Crippen molar-refractivity contribution < 1.29 is 14.6 Å². The van der Waals surface area contributed by atoms with E-state index in [4.69, 9.17) is 9.84 Å². The van der Waals surface area contributed by atoms with Crippen molar-refractivity contribution in [2.75, 3.05) is 6.61 Å². The number of benzene rings is 2. The molecule has 1 N–H and O–H groups in total. The highest BCUT2D eigenvalue weighted by molar-refractivity contribution is 5.88. The molecule has 1 unspecified atom stereocenters. The zero-order valence-corrected chi connectivity index (χ0v) is 13.1. The number of carbonyl (C=O) groups is 1. The second-order valence-corrected chi connectivity index (χ2v) is 5.61. The van der Waals surface area contributed by atoms with Crippen molar-refractivity contribution >= 4 is 5.97 Å². The predicted octanol–water partition coefficient (Wildman–Crippen LogP) is 4.87. The van der Waals surface area contributed by atoms with E-state index in [1.807, 2.05) is 36.4 Å². The quantitative estimate of drug-likeness (QED) is 0.793. The van der Waals surface area contributed by atoms with Gasteiger partial charge in [-0.25, -0.2) is 4.79 Å². The van der Waals surface area contributed by atoms with E-state index in [0.29, 0.717) is 11.5 Å². The minimum atomic E-state index is -0.906. The maximum absolute atomic E-state index is 10.9. The first-order valence-electron chi connectivity index (χ1n) is 7.66. The Morgan fingerprint density at radius 2 is 1.59 bits per heavy atom. The van der Waals surface area contributed by atoms with Crippen LogP contribution in [-0.4, -0.2) is 17.7 Å². The van der Waals surface area contributed by atoms with Crippen molar-refractivity contribution in [2.45, 2.75) is 26.7 Å². The second kappa shape index (κ2) is 7.64. The average Bonchev–Trinajstić information content (AvgIpc) is 2.54. The number of carboxylic acids is 1. The van der Waals surface area contributed by atoms with Gasteiger partial charge in [0.25, 0.3) is 0 Å². The molecule has 0 aliphatic heterocycles. The van der Waals surface area contributed by atoms with Crippen LogP contribution < -0.4 is 4.74 Å². The van der Waals surface area contributed by atoms with Gasteiger partial charge in [-0.05, 0) is 47.7 Å². The molecule has 0 radical (unpaired) electrons. The lowest BCUT2D eigenvalue weighted by Gasteiger charge is -2.12. The lowest BCUT2D eigenvalue weighted by molar-refractivity contribution is 0.0697. The molecule has 3 nitrogen and oxygen atoms in total. The normalized spacial score (nSPS) is 11.9. The molecule has 116 valence electrons. The molecular formula is C19H22O3. The smallest absolute Gasteiger partial charge is 0.335 e. The van der Waals surface area contributed by atoms with Crippen LogP contribution in [0.2, 0.25) is 0 Å². The van der Waals surface area contributed by atoms with Crippen LogP contribution in [0.1, 0.15) is 37.0 Å². The summed E-state index contributed by atoms with van der Waals surface area (Å²) in [6, 6.07) is 14.8. The van der Waals surface area contributed by atoms with Gasteiger partial charge in [-0.1, -0.05) is 44.5 Å². The largest absolute Gasteiger partial charge is 0.493 e. The van der Waals surface area contributed by atoms with E-state index in [1.165, 1.54) is 12.8 Å². The van der Waals surface area contributed by atoms with Gasteiger partial charge in [-0.3, -0.25) is 0 Å². The summed E-state index contributed by atoms with van der Waals surface area (Å²) in [6.45, 7) is 5.11. The second-order valence-electron chi connectivity index (χ2n) is 5.61. The molecule has 0 saturated heterocycles. The van der Waals surface area contributed by atoms with E-state index in [1.54, 1.807) is 12.1 Å². The molecule has 0 aromatic heterocycles. The summed E-state index contributed by atoms with van der Waals surface area (Å²) in [5, 5.41) is 8.91. The van der Waals surface area contributed by atoms with Gasteiger partial charge >= 0.3 is 5.97 Å². The fourth-order valence-electron chi connectivity index (χ4n) is 2.36. The maximum atomic E-state index is 10.9. The van der Waals surface area contributed by atoms with Crippen LogP contribution in [0.25, 0.3) is 11.1 Å². The van der Waals surface area contributed by atoms with E-state index in [9.17, 15) is 4.79 Å². The third-order valence-corrected chi connectivity index (χ3v) is 3.64. The lowest BCUT2D eigenvalue weighted by atomic mass is 10.0. The summed E-state index contributed by atoms with van der Waals surface area (Å²) in [5.74, 6) is 0.526. The van der Waals surface area contributed by atoms with E-state index < -0.39 is 5.97 Å². The Bertz CT molecular complexity index is 600. The van der Waals surface area contributed by atoms with Gasteiger partial charge in [-0.15, -0.1) is 0 Å². The fraction of sp³-hybridized carbons (Fsp3) is 0.316. The first-order chi connectivity index (χ1) is 10.6. The highest BCUT2D eigenvalue weighted by Crippen LogP contribution is 2.23. The van der Waals surface area contributed by atoms with Crippen molar-refractivity contribution in [3.8, 4) is 16.9 Å². The molecule has 0 aliphatic rings. The molecule has 0 spiro atoms. The lowest BCUT2D eigenvalue weighted by Crippen LogP contribution is -2.07. The third-order valence-electron chi connectivity index (χ3n) is 3.64. The van der Waals surface area contributed by atoms with Gasteiger partial charge in [0, 0.05) is 0 Å². The van der Waals surface area contributed by atoms with E-state index >= 15 is 0 Å². The zero-order chi connectivity index (χ0) is 15.9. The Hall–Kier alpha value is -2.29.